The van der Waals surface area contributed by atoms with Gasteiger partial charge in [0.25, 0.3) is 0 Å². The minimum atomic E-state index is -0.420. The molecule has 0 atom stereocenters. The van der Waals surface area contributed by atoms with Gasteiger partial charge in [-0.2, -0.15) is 0 Å². The van der Waals surface area contributed by atoms with Gasteiger partial charge in [-0.3, -0.25) is 16.0 Å². The average molecular weight is 310 g/mol. The standard InChI is InChI=1S/C19H26N4/c1-4-21-19(3,22-5-2)23-17-14-10-9-13-16(17)18(20)15-11-7-6-8-12-15/h6-14,20-23H,4-5H2,1-3H3. The van der Waals surface area contributed by atoms with Crippen molar-refractivity contribution in [1.29, 1.82) is 5.41 Å². The van der Waals surface area contributed by atoms with E-state index in [-0.39, 0.29) is 0 Å². The highest BCUT2D eigenvalue weighted by Crippen LogP contribution is 2.21. The van der Waals surface area contributed by atoms with Crippen LogP contribution in [-0.2, 0) is 0 Å². The molecule has 2 rings (SSSR count). The Bertz CT molecular complexity index is 631. The largest absolute Gasteiger partial charge is 0.355 e. The van der Waals surface area contributed by atoms with Gasteiger partial charge in [-0.25, -0.2) is 0 Å². The molecule has 0 saturated heterocycles. The van der Waals surface area contributed by atoms with Crippen molar-refractivity contribution in [2.75, 3.05) is 18.4 Å². The predicted octanol–water partition coefficient (Wildman–Crippen LogP) is 3.41. The third-order valence-electron chi connectivity index (χ3n) is 3.70. The summed E-state index contributed by atoms with van der Waals surface area (Å²) in [7, 11) is 0. The molecule has 0 spiro atoms. The summed E-state index contributed by atoms with van der Waals surface area (Å²) in [5.74, 6) is -0.420. The fourth-order valence-electron chi connectivity index (χ4n) is 2.70. The minimum absolute atomic E-state index is 0.420. The maximum absolute atomic E-state index is 8.54. The van der Waals surface area contributed by atoms with Crippen molar-refractivity contribution in [3.8, 4) is 0 Å². The molecule has 0 saturated carbocycles. The Morgan fingerprint density at radius 3 is 2.09 bits per heavy atom. The summed E-state index contributed by atoms with van der Waals surface area (Å²) in [6.45, 7) is 7.91. The molecule has 0 aliphatic rings. The third kappa shape index (κ3) is 4.41. The Hall–Kier alpha value is -2.17. The van der Waals surface area contributed by atoms with E-state index in [0.717, 1.165) is 29.9 Å². The van der Waals surface area contributed by atoms with Gasteiger partial charge in [-0.15, -0.1) is 0 Å². The summed E-state index contributed by atoms with van der Waals surface area (Å²) in [6, 6.07) is 17.8. The van der Waals surface area contributed by atoms with Gasteiger partial charge >= 0.3 is 0 Å². The van der Waals surface area contributed by atoms with Gasteiger partial charge in [-0.1, -0.05) is 62.4 Å². The maximum atomic E-state index is 8.54. The smallest absolute Gasteiger partial charge is 0.140 e. The lowest BCUT2D eigenvalue weighted by molar-refractivity contribution is 0.338. The maximum Gasteiger partial charge on any atom is 0.140 e. The summed E-state index contributed by atoms with van der Waals surface area (Å²) in [5, 5.41) is 18.9. The second-order valence-corrected chi connectivity index (χ2v) is 5.60. The second kappa shape index (κ2) is 7.90. The number of anilines is 1. The molecule has 2 aromatic rings. The fraction of sp³-hybridized carbons (Fsp3) is 0.316. The van der Waals surface area contributed by atoms with Crippen molar-refractivity contribution >= 4 is 11.4 Å². The fourth-order valence-corrected chi connectivity index (χ4v) is 2.70. The highest BCUT2D eigenvalue weighted by Gasteiger charge is 2.22. The van der Waals surface area contributed by atoms with Crippen molar-refractivity contribution in [2.45, 2.75) is 26.6 Å². The van der Waals surface area contributed by atoms with Crippen LogP contribution in [0.3, 0.4) is 0 Å². The Morgan fingerprint density at radius 2 is 1.48 bits per heavy atom. The van der Waals surface area contributed by atoms with Crippen LogP contribution in [0.1, 0.15) is 31.9 Å². The lowest BCUT2D eigenvalue weighted by Gasteiger charge is -2.34. The lowest BCUT2D eigenvalue weighted by atomic mass is 10.0. The van der Waals surface area contributed by atoms with Crippen molar-refractivity contribution < 1.29 is 0 Å². The lowest BCUT2D eigenvalue weighted by Crippen LogP contribution is -2.60. The highest BCUT2D eigenvalue weighted by molar-refractivity contribution is 6.14. The monoisotopic (exact) mass is 310 g/mol. The predicted molar refractivity (Wildman–Crippen MR) is 98.2 cm³/mol. The Balaban J connectivity index is 2.32. The summed E-state index contributed by atoms with van der Waals surface area (Å²) in [5.41, 5.74) is 3.26. The van der Waals surface area contributed by atoms with E-state index in [4.69, 9.17) is 5.41 Å². The number of rotatable bonds is 8. The molecular formula is C19H26N4. The molecule has 0 aromatic heterocycles. The number of para-hydroxylation sites is 1. The molecular weight excluding hydrogens is 284 g/mol. The van der Waals surface area contributed by atoms with Crippen LogP contribution in [0, 0.1) is 5.41 Å². The number of benzene rings is 2. The van der Waals surface area contributed by atoms with Crippen LogP contribution in [0.15, 0.2) is 54.6 Å². The van der Waals surface area contributed by atoms with Crippen LogP contribution >= 0.6 is 0 Å². The topological polar surface area (TPSA) is 59.9 Å². The summed E-state index contributed by atoms with van der Waals surface area (Å²) < 4.78 is 0. The van der Waals surface area contributed by atoms with Gasteiger partial charge in [0.05, 0.1) is 5.71 Å². The Labute approximate surface area is 138 Å². The second-order valence-electron chi connectivity index (χ2n) is 5.60. The molecule has 0 fully saturated rings. The molecule has 2 aromatic carbocycles. The van der Waals surface area contributed by atoms with Gasteiger partial charge in [0.2, 0.25) is 0 Å². The van der Waals surface area contributed by atoms with E-state index in [1.165, 1.54) is 0 Å². The van der Waals surface area contributed by atoms with E-state index in [9.17, 15) is 0 Å². The van der Waals surface area contributed by atoms with Crippen LogP contribution in [-0.4, -0.2) is 24.6 Å². The quantitative estimate of drug-likeness (QED) is 0.446. The molecule has 23 heavy (non-hydrogen) atoms. The molecule has 4 N–H and O–H groups in total. The molecule has 0 unspecified atom stereocenters. The molecule has 0 amide bonds. The number of hydrogen-bond acceptors (Lipinski definition) is 4. The number of nitrogens with one attached hydrogen (secondary N) is 4. The van der Waals surface area contributed by atoms with Crippen LogP contribution in [0.5, 0.6) is 0 Å². The van der Waals surface area contributed by atoms with Gasteiger partial charge < -0.3 is 5.32 Å². The van der Waals surface area contributed by atoms with E-state index in [1.807, 2.05) is 54.6 Å². The van der Waals surface area contributed by atoms with Crippen molar-refractivity contribution in [3.63, 3.8) is 0 Å². The first-order valence-corrected chi connectivity index (χ1v) is 8.11. The third-order valence-corrected chi connectivity index (χ3v) is 3.70. The molecule has 122 valence electrons. The Kier molecular flexibility index (Phi) is 5.90. The first-order chi connectivity index (χ1) is 11.1. The van der Waals surface area contributed by atoms with Crippen LogP contribution in [0.2, 0.25) is 0 Å². The van der Waals surface area contributed by atoms with E-state index in [0.29, 0.717) is 5.71 Å². The van der Waals surface area contributed by atoms with Crippen LogP contribution in [0.4, 0.5) is 5.69 Å². The molecule has 0 aliphatic heterocycles. The zero-order chi connectivity index (χ0) is 16.7. The molecule has 0 aliphatic carbocycles. The highest BCUT2D eigenvalue weighted by atomic mass is 15.3. The zero-order valence-electron chi connectivity index (χ0n) is 14.1. The first-order valence-electron chi connectivity index (χ1n) is 8.11. The van der Waals surface area contributed by atoms with Gasteiger partial charge in [0.15, 0.2) is 0 Å². The molecule has 4 heteroatoms. The van der Waals surface area contributed by atoms with Crippen molar-refractivity contribution in [3.05, 3.63) is 65.7 Å². The van der Waals surface area contributed by atoms with Crippen LogP contribution < -0.4 is 16.0 Å². The molecule has 0 bridgehead atoms. The average Bonchev–Trinajstić information content (AvgIpc) is 2.56. The summed E-state index contributed by atoms with van der Waals surface area (Å²) in [4.78, 5) is 0. The van der Waals surface area contributed by atoms with Gasteiger partial charge in [0, 0.05) is 16.8 Å². The van der Waals surface area contributed by atoms with Crippen molar-refractivity contribution in [2.24, 2.45) is 0 Å². The molecule has 0 heterocycles. The zero-order valence-corrected chi connectivity index (χ0v) is 14.1. The van der Waals surface area contributed by atoms with Crippen molar-refractivity contribution in [1.82, 2.24) is 10.6 Å². The number of hydrogen-bond donors (Lipinski definition) is 4. The van der Waals surface area contributed by atoms with E-state index in [1.54, 1.807) is 0 Å². The van der Waals surface area contributed by atoms with Crippen LogP contribution in [0.25, 0.3) is 0 Å². The van der Waals surface area contributed by atoms with Gasteiger partial charge in [-0.05, 0) is 26.1 Å². The normalized spacial score (nSPS) is 11.3. The first kappa shape index (κ1) is 17.2. The Morgan fingerprint density at radius 1 is 0.913 bits per heavy atom. The van der Waals surface area contributed by atoms with E-state index >= 15 is 0 Å². The van der Waals surface area contributed by atoms with Gasteiger partial charge in [0.1, 0.15) is 5.79 Å². The van der Waals surface area contributed by atoms with E-state index in [2.05, 4.69) is 36.7 Å². The summed E-state index contributed by atoms with van der Waals surface area (Å²) >= 11 is 0. The minimum Gasteiger partial charge on any atom is -0.355 e. The molecule has 4 nitrogen and oxygen atoms in total. The molecule has 0 radical (unpaired) electrons. The SMILES string of the molecule is CCNC(C)(NCC)Nc1ccccc1C(=N)c1ccccc1. The van der Waals surface area contributed by atoms with E-state index < -0.39 is 5.79 Å². The summed E-state index contributed by atoms with van der Waals surface area (Å²) in [6.07, 6.45) is 0.